The molecule has 0 spiro atoms. The lowest BCUT2D eigenvalue weighted by molar-refractivity contribution is 0.180. The number of rotatable bonds is 11. The lowest BCUT2D eigenvalue weighted by atomic mass is 10.1. The fraction of sp³-hybridized carbons (Fsp3) is 0.458. The van der Waals surface area contributed by atoms with E-state index in [2.05, 4.69) is 15.6 Å². The van der Waals surface area contributed by atoms with E-state index in [4.69, 9.17) is 14.2 Å². The topological polar surface area (TPSA) is 84.3 Å². The number of aliphatic imine (C=N–C) groups is 1. The molecule has 1 saturated carbocycles. The lowest BCUT2D eigenvalue weighted by Crippen LogP contribution is -2.39. The van der Waals surface area contributed by atoms with E-state index in [0.717, 1.165) is 24.5 Å². The van der Waals surface area contributed by atoms with Crippen molar-refractivity contribution in [3.8, 4) is 17.2 Å². The number of methoxy groups -OCH3 is 2. The van der Waals surface area contributed by atoms with Crippen LogP contribution in [0.15, 0.2) is 47.5 Å². The fourth-order valence-electron chi connectivity index (χ4n) is 3.11. The minimum atomic E-state index is -0.748. The summed E-state index contributed by atoms with van der Waals surface area (Å²) in [5.41, 5.74) is 1.75. The van der Waals surface area contributed by atoms with Gasteiger partial charge in [0.25, 0.3) is 0 Å². The molecule has 0 aromatic heterocycles. The highest BCUT2D eigenvalue weighted by atomic mass is 16.5. The molecule has 1 atom stereocenters. The van der Waals surface area contributed by atoms with Crippen LogP contribution in [0.5, 0.6) is 17.2 Å². The molecule has 0 amide bonds. The van der Waals surface area contributed by atoms with Crippen LogP contribution in [0.4, 0.5) is 0 Å². The van der Waals surface area contributed by atoms with Crippen LogP contribution >= 0.6 is 0 Å². The lowest BCUT2D eigenvalue weighted by Gasteiger charge is -2.17. The van der Waals surface area contributed by atoms with Gasteiger partial charge in [-0.25, -0.2) is 4.99 Å². The minimum Gasteiger partial charge on any atom is -0.497 e. The first-order valence-corrected chi connectivity index (χ1v) is 10.8. The summed E-state index contributed by atoms with van der Waals surface area (Å²) in [5.74, 6) is 3.49. The number of hydrogen-bond donors (Lipinski definition) is 3. The largest absolute Gasteiger partial charge is 0.497 e. The summed E-state index contributed by atoms with van der Waals surface area (Å²) in [6, 6.07) is 13.4. The molecule has 3 N–H and O–H groups in total. The normalized spacial score (nSPS) is 14.6. The predicted octanol–water partition coefficient (Wildman–Crippen LogP) is 3.28. The first-order chi connectivity index (χ1) is 15.1. The molecule has 2 aromatic carbocycles. The van der Waals surface area contributed by atoms with Gasteiger partial charge < -0.3 is 30.0 Å². The quantitative estimate of drug-likeness (QED) is 0.377. The Balaban J connectivity index is 1.62. The maximum Gasteiger partial charge on any atom is 0.191 e. The van der Waals surface area contributed by atoms with Gasteiger partial charge in [-0.1, -0.05) is 18.2 Å². The van der Waals surface area contributed by atoms with E-state index in [9.17, 15) is 5.11 Å². The zero-order chi connectivity index (χ0) is 22.1. The monoisotopic (exact) mass is 427 g/mol. The van der Waals surface area contributed by atoms with E-state index in [1.54, 1.807) is 32.4 Å². The molecule has 0 heterocycles. The van der Waals surface area contributed by atoms with Gasteiger partial charge in [-0.2, -0.15) is 0 Å². The minimum absolute atomic E-state index is 0.294. The zero-order valence-electron chi connectivity index (χ0n) is 18.6. The SMILES string of the molecule is CCNC(=NCc1ccccc1OCC1CC1)NCC(O)c1cc(OC)cc(OC)c1. The molecule has 7 heteroatoms. The van der Waals surface area contributed by atoms with Gasteiger partial charge in [-0.3, -0.25) is 0 Å². The molecule has 1 aliphatic carbocycles. The first kappa shape index (κ1) is 22.7. The highest BCUT2D eigenvalue weighted by Crippen LogP contribution is 2.30. The number of aliphatic hydroxyl groups excluding tert-OH is 1. The molecular formula is C24H33N3O4. The Morgan fingerprint density at radius 2 is 1.81 bits per heavy atom. The van der Waals surface area contributed by atoms with Crippen molar-refractivity contribution >= 4 is 5.96 Å². The summed E-state index contributed by atoms with van der Waals surface area (Å²) in [6.07, 6.45) is 1.77. The standard InChI is InChI=1S/C24H33N3O4/c1-4-25-24(26-14-18-7-5-6-8-23(18)31-16-17-9-10-17)27-15-22(28)19-11-20(29-2)13-21(12-19)30-3/h5-8,11-13,17,22,28H,4,9-10,14-16H2,1-3H3,(H2,25,26,27). The highest BCUT2D eigenvalue weighted by Gasteiger charge is 2.22. The van der Waals surface area contributed by atoms with Gasteiger partial charge in [0.05, 0.1) is 33.5 Å². The van der Waals surface area contributed by atoms with Crippen molar-refractivity contribution in [2.75, 3.05) is 33.9 Å². The number of ether oxygens (including phenoxy) is 3. The number of benzene rings is 2. The Hall–Kier alpha value is -2.93. The molecule has 2 aromatic rings. The Morgan fingerprint density at radius 3 is 2.45 bits per heavy atom. The van der Waals surface area contributed by atoms with E-state index >= 15 is 0 Å². The third-order valence-corrected chi connectivity index (χ3v) is 5.12. The van der Waals surface area contributed by atoms with E-state index in [0.29, 0.717) is 42.0 Å². The molecule has 1 fully saturated rings. The summed E-state index contributed by atoms with van der Waals surface area (Å²) >= 11 is 0. The second kappa shape index (κ2) is 11.5. The average molecular weight is 428 g/mol. The van der Waals surface area contributed by atoms with Crippen LogP contribution < -0.4 is 24.8 Å². The van der Waals surface area contributed by atoms with Crippen molar-refractivity contribution < 1.29 is 19.3 Å². The van der Waals surface area contributed by atoms with Gasteiger partial charge in [0, 0.05) is 24.7 Å². The van der Waals surface area contributed by atoms with E-state index in [-0.39, 0.29) is 0 Å². The van der Waals surface area contributed by atoms with Gasteiger partial charge in [-0.15, -0.1) is 0 Å². The Bertz CT molecular complexity index is 845. The van der Waals surface area contributed by atoms with Crippen LogP contribution in [0.3, 0.4) is 0 Å². The van der Waals surface area contributed by atoms with Crippen molar-refractivity contribution in [1.29, 1.82) is 0 Å². The van der Waals surface area contributed by atoms with Crippen molar-refractivity contribution in [3.63, 3.8) is 0 Å². The molecule has 1 aliphatic rings. The highest BCUT2D eigenvalue weighted by molar-refractivity contribution is 5.79. The molecular weight excluding hydrogens is 394 g/mol. The number of guanidine groups is 1. The van der Waals surface area contributed by atoms with Gasteiger partial charge in [-0.05, 0) is 49.4 Å². The molecule has 0 saturated heterocycles. The summed E-state index contributed by atoms with van der Waals surface area (Å²) < 4.78 is 16.6. The van der Waals surface area contributed by atoms with Crippen LogP contribution in [0.25, 0.3) is 0 Å². The number of aliphatic hydroxyl groups is 1. The van der Waals surface area contributed by atoms with E-state index < -0.39 is 6.10 Å². The second-order valence-electron chi connectivity index (χ2n) is 7.60. The van der Waals surface area contributed by atoms with E-state index in [1.165, 1.54) is 12.8 Å². The molecule has 7 nitrogen and oxygen atoms in total. The Labute approximate surface area is 184 Å². The zero-order valence-corrected chi connectivity index (χ0v) is 18.6. The van der Waals surface area contributed by atoms with Crippen LogP contribution in [0.2, 0.25) is 0 Å². The molecule has 31 heavy (non-hydrogen) atoms. The predicted molar refractivity (Wildman–Crippen MR) is 122 cm³/mol. The van der Waals surface area contributed by atoms with Crippen molar-refractivity contribution in [2.45, 2.75) is 32.4 Å². The molecule has 1 unspecified atom stereocenters. The molecule has 0 radical (unpaired) electrons. The average Bonchev–Trinajstić information content (AvgIpc) is 3.64. The van der Waals surface area contributed by atoms with Crippen LogP contribution in [0, 0.1) is 5.92 Å². The van der Waals surface area contributed by atoms with Gasteiger partial charge in [0.1, 0.15) is 17.2 Å². The number of nitrogens with one attached hydrogen (secondary N) is 2. The molecule has 0 aliphatic heterocycles. The fourth-order valence-corrected chi connectivity index (χ4v) is 3.11. The molecule has 0 bridgehead atoms. The van der Waals surface area contributed by atoms with E-state index in [1.807, 2.05) is 31.2 Å². The number of hydrogen-bond acceptors (Lipinski definition) is 5. The number of nitrogens with zero attached hydrogens (tertiary/aromatic N) is 1. The van der Waals surface area contributed by atoms with Gasteiger partial charge >= 0.3 is 0 Å². The van der Waals surface area contributed by atoms with Crippen molar-refractivity contribution in [2.24, 2.45) is 10.9 Å². The summed E-state index contributed by atoms with van der Waals surface area (Å²) in [6.45, 7) is 4.28. The third kappa shape index (κ3) is 7.07. The second-order valence-corrected chi connectivity index (χ2v) is 7.60. The van der Waals surface area contributed by atoms with Crippen LogP contribution in [-0.4, -0.2) is 45.0 Å². The Kier molecular flexibility index (Phi) is 8.41. The number of para-hydroxylation sites is 1. The third-order valence-electron chi connectivity index (χ3n) is 5.12. The van der Waals surface area contributed by atoms with Crippen LogP contribution in [-0.2, 0) is 6.54 Å². The van der Waals surface area contributed by atoms with Crippen molar-refractivity contribution in [3.05, 3.63) is 53.6 Å². The summed E-state index contributed by atoms with van der Waals surface area (Å²) in [4.78, 5) is 4.67. The first-order valence-electron chi connectivity index (χ1n) is 10.8. The molecule has 168 valence electrons. The summed E-state index contributed by atoms with van der Waals surface area (Å²) in [5, 5.41) is 17.1. The summed E-state index contributed by atoms with van der Waals surface area (Å²) in [7, 11) is 3.18. The maximum absolute atomic E-state index is 10.7. The van der Waals surface area contributed by atoms with Crippen LogP contribution in [0.1, 0.15) is 37.0 Å². The van der Waals surface area contributed by atoms with Crippen molar-refractivity contribution in [1.82, 2.24) is 10.6 Å². The van der Waals surface area contributed by atoms with Gasteiger partial charge in [0.2, 0.25) is 0 Å². The molecule has 3 rings (SSSR count). The van der Waals surface area contributed by atoms with Gasteiger partial charge in [0.15, 0.2) is 5.96 Å². The smallest absolute Gasteiger partial charge is 0.191 e. The maximum atomic E-state index is 10.7. The Morgan fingerprint density at radius 1 is 1.10 bits per heavy atom.